The van der Waals surface area contributed by atoms with Crippen molar-refractivity contribution in [3.8, 4) is 0 Å². The van der Waals surface area contributed by atoms with Crippen molar-refractivity contribution in [2.75, 3.05) is 0 Å². The van der Waals surface area contributed by atoms with Gasteiger partial charge in [0.2, 0.25) is 0 Å². The summed E-state index contributed by atoms with van der Waals surface area (Å²) in [4.78, 5) is 27.1. The third-order valence-corrected chi connectivity index (χ3v) is 13.2. The van der Waals surface area contributed by atoms with Crippen LogP contribution in [0.5, 0.6) is 0 Å². The Labute approximate surface area is 197 Å². The molecule has 0 spiro atoms. The summed E-state index contributed by atoms with van der Waals surface area (Å²) in [7, 11) is 0. The van der Waals surface area contributed by atoms with Crippen molar-refractivity contribution in [1.82, 2.24) is 0 Å². The Hall–Kier alpha value is -0.660. The predicted molar refractivity (Wildman–Crippen MR) is 130 cm³/mol. The predicted octanol–water partition coefficient (Wildman–Crippen LogP) is 7.64. The minimum atomic E-state index is -0.242. The third kappa shape index (κ3) is 2.70. The van der Waals surface area contributed by atoms with Crippen LogP contribution in [0.4, 0.5) is 0 Å². The maximum absolute atomic E-state index is 14.2. The molecule has 5 saturated carbocycles. The number of hydrogen-bond donors (Lipinski definition) is 0. The SMILES string of the molecule is CC1(C)CC[C@]2(C)CC[C@]3(C)[C@H](C(=O)C[C@@H]4[C@@]5(C)CCC(=O)C(C)(C)[C@@H]5CC[C@]43C)[C@@H]2C1. The normalized spacial score (nSPS) is 54.1. The molecule has 0 saturated heterocycles. The zero-order valence-electron chi connectivity index (χ0n) is 22.2. The number of carbonyl (C=O) groups excluding carboxylic acids is 2. The summed E-state index contributed by atoms with van der Waals surface area (Å²) in [6.45, 7) is 19.4. The molecule has 180 valence electrons. The van der Waals surface area contributed by atoms with Crippen LogP contribution in [0.2, 0.25) is 0 Å². The molecular weight excluding hydrogens is 392 g/mol. The molecule has 0 N–H and O–H groups in total. The number of rotatable bonds is 0. The van der Waals surface area contributed by atoms with E-state index >= 15 is 0 Å². The summed E-state index contributed by atoms with van der Waals surface area (Å²) >= 11 is 0. The minimum Gasteiger partial charge on any atom is -0.299 e. The monoisotopic (exact) mass is 440 g/mol. The first-order valence-corrected chi connectivity index (χ1v) is 13.7. The van der Waals surface area contributed by atoms with Crippen molar-refractivity contribution < 1.29 is 9.59 Å². The molecule has 0 aromatic rings. The second kappa shape index (κ2) is 6.51. The van der Waals surface area contributed by atoms with Crippen molar-refractivity contribution in [3.05, 3.63) is 0 Å². The summed E-state index contributed by atoms with van der Waals surface area (Å²) in [5, 5.41) is 0. The van der Waals surface area contributed by atoms with Crippen LogP contribution in [0.3, 0.4) is 0 Å². The molecule has 0 unspecified atom stereocenters. The van der Waals surface area contributed by atoms with Gasteiger partial charge in [-0.25, -0.2) is 0 Å². The van der Waals surface area contributed by atoms with Crippen LogP contribution in [0, 0.1) is 56.2 Å². The van der Waals surface area contributed by atoms with Crippen LogP contribution in [0.25, 0.3) is 0 Å². The van der Waals surface area contributed by atoms with Crippen molar-refractivity contribution in [2.45, 2.75) is 120 Å². The standard InChI is InChI=1S/C30H48O2/c1-25(2)13-14-27(5)15-16-30(8)24(19(27)18-25)20(31)17-22-28(6)11-10-23(32)26(3,4)21(28)9-12-29(22,30)7/h19,21-22,24H,9-18H2,1-8H3/t19-,21-,22+,24-,27+,28-,29+,30+/m0/s1. The van der Waals surface area contributed by atoms with Gasteiger partial charge < -0.3 is 0 Å². The van der Waals surface area contributed by atoms with Gasteiger partial charge in [0.1, 0.15) is 11.6 Å². The second-order valence-corrected chi connectivity index (χ2v) is 15.4. The van der Waals surface area contributed by atoms with Crippen LogP contribution >= 0.6 is 0 Å². The van der Waals surface area contributed by atoms with Gasteiger partial charge in [-0.2, -0.15) is 0 Å². The number of carbonyl (C=O) groups is 2. The average Bonchev–Trinajstić information content (AvgIpc) is 2.68. The Morgan fingerprint density at radius 3 is 2.06 bits per heavy atom. The molecule has 32 heavy (non-hydrogen) atoms. The maximum Gasteiger partial charge on any atom is 0.138 e. The maximum atomic E-state index is 14.2. The Balaban J connectivity index is 1.58. The summed E-state index contributed by atoms with van der Waals surface area (Å²) < 4.78 is 0. The lowest BCUT2D eigenvalue weighted by Gasteiger charge is -2.72. The summed E-state index contributed by atoms with van der Waals surface area (Å²) in [5.41, 5.74) is 0.880. The Morgan fingerprint density at radius 1 is 0.719 bits per heavy atom. The highest BCUT2D eigenvalue weighted by molar-refractivity contribution is 5.86. The van der Waals surface area contributed by atoms with Crippen LogP contribution in [-0.4, -0.2) is 11.6 Å². The van der Waals surface area contributed by atoms with Gasteiger partial charge in [-0.1, -0.05) is 55.4 Å². The van der Waals surface area contributed by atoms with E-state index < -0.39 is 0 Å². The summed E-state index contributed by atoms with van der Waals surface area (Å²) in [5.74, 6) is 2.67. The van der Waals surface area contributed by atoms with E-state index in [4.69, 9.17) is 0 Å². The second-order valence-electron chi connectivity index (χ2n) is 15.4. The number of hydrogen-bond acceptors (Lipinski definition) is 2. The van der Waals surface area contributed by atoms with E-state index in [2.05, 4.69) is 55.4 Å². The Kier molecular flexibility index (Phi) is 4.70. The van der Waals surface area contributed by atoms with E-state index in [-0.39, 0.29) is 27.6 Å². The van der Waals surface area contributed by atoms with Gasteiger partial charge in [0, 0.05) is 24.2 Å². The molecule has 0 aromatic heterocycles. The van der Waals surface area contributed by atoms with E-state index in [1.807, 2.05) is 0 Å². The first-order chi connectivity index (χ1) is 14.6. The molecule has 0 heterocycles. The molecule has 5 aliphatic carbocycles. The average molecular weight is 441 g/mol. The molecular formula is C30H48O2. The van der Waals surface area contributed by atoms with E-state index in [1.165, 1.54) is 38.5 Å². The molecule has 8 atom stereocenters. The van der Waals surface area contributed by atoms with Gasteiger partial charge in [0.25, 0.3) is 0 Å². The molecule has 2 heteroatoms. The highest BCUT2D eigenvalue weighted by atomic mass is 16.1. The number of fused-ring (bicyclic) bond motifs is 7. The largest absolute Gasteiger partial charge is 0.299 e. The van der Waals surface area contributed by atoms with Crippen molar-refractivity contribution in [3.63, 3.8) is 0 Å². The van der Waals surface area contributed by atoms with E-state index in [9.17, 15) is 9.59 Å². The molecule has 0 bridgehead atoms. The zero-order chi connectivity index (χ0) is 23.5. The van der Waals surface area contributed by atoms with Crippen molar-refractivity contribution >= 4 is 11.6 Å². The molecule has 5 rings (SSSR count). The highest BCUT2D eigenvalue weighted by Crippen LogP contribution is 2.76. The third-order valence-electron chi connectivity index (χ3n) is 13.2. The molecule has 5 fully saturated rings. The van der Waals surface area contributed by atoms with Gasteiger partial charge >= 0.3 is 0 Å². The molecule has 0 aromatic carbocycles. The summed E-state index contributed by atoms with van der Waals surface area (Å²) in [6.07, 6.45) is 11.1. The van der Waals surface area contributed by atoms with Gasteiger partial charge in [0.05, 0.1) is 0 Å². The fourth-order valence-electron chi connectivity index (χ4n) is 10.8. The lowest BCUT2D eigenvalue weighted by molar-refractivity contribution is -0.232. The van der Waals surface area contributed by atoms with E-state index in [0.29, 0.717) is 46.6 Å². The van der Waals surface area contributed by atoms with Crippen LogP contribution < -0.4 is 0 Å². The molecule has 0 radical (unpaired) electrons. The number of Topliss-reactive ketones (excluding diaryl/α,β-unsaturated/α-hetero) is 2. The van der Waals surface area contributed by atoms with E-state index in [0.717, 1.165) is 19.3 Å². The quantitative estimate of drug-likeness (QED) is 0.388. The smallest absolute Gasteiger partial charge is 0.138 e. The van der Waals surface area contributed by atoms with Gasteiger partial charge in [-0.05, 0) is 96.2 Å². The lowest BCUT2D eigenvalue weighted by atomic mass is 9.31. The number of ketones is 2. The van der Waals surface area contributed by atoms with E-state index in [1.54, 1.807) is 0 Å². The van der Waals surface area contributed by atoms with Crippen LogP contribution in [-0.2, 0) is 9.59 Å². The molecule has 0 amide bonds. The first kappa shape index (κ1) is 23.1. The fourth-order valence-corrected chi connectivity index (χ4v) is 10.8. The Morgan fingerprint density at radius 2 is 1.38 bits per heavy atom. The van der Waals surface area contributed by atoms with Gasteiger partial charge in [0.15, 0.2) is 0 Å². The van der Waals surface area contributed by atoms with Gasteiger partial charge in [-0.15, -0.1) is 0 Å². The van der Waals surface area contributed by atoms with Crippen LogP contribution in [0.15, 0.2) is 0 Å². The minimum absolute atomic E-state index is 0.101. The van der Waals surface area contributed by atoms with Crippen molar-refractivity contribution in [1.29, 1.82) is 0 Å². The fraction of sp³-hybridized carbons (Fsp3) is 0.933. The molecule has 0 aliphatic heterocycles. The Bertz CT molecular complexity index is 853. The lowest BCUT2D eigenvalue weighted by Crippen LogP contribution is -2.68. The topological polar surface area (TPSA) is 34.1 Å². The van der Waals surface area contributed by atoms with Crippen molar-refractivity contribution in [2.24, 2.45) is 56.2 Å². The highest BCUT2D eigenvalue weighted by Gasteiger charge is 2.71. The first-order valence-electron chi connectivity index (χ1n) is 13.7. The molecule has 5 aliphatic rings. The molecule has 2 nitrogen and oxygen atoms in total. The summed E-state index contributed by atoms with van der Waals surface area (Å²) in [6, 6.07) is 0. The van der Waals surface area contributed by atoms with Crippen LogP contribution in [0.1, 0.15) is 120 Å². The zero-order valence-corrected chi connectivity index (χ0v) is 22.2. The van der Waals surface area contributed by atoms with Gasteiger partial charge in [-0.3, -0.25) is 9.59 Å².